The third kappa shape index (κ3) is 2.96. The van der Waals surface area contributed by atoms with Crippen LogP contribution in [-0.2, 0) is 6.42 Å². The Labute approximate surface area is 91.9 Å². The molecule has 1 aliphatic rings. The van der Waals surface area contributed by atoms with E-state index in [-0.39, 0.29) is 0 Å². The standard InChI is InChI=1S/C13H20N2/c14-13-7-2-1-6-12(13)9-11-5-3-4-8-15-10-11/h1-2,6-7,11,15H,3-5,8-10,14H2. The van der Waals surface area contributed by atoms with Crippen molar-refractivity contribution in [2.75, 3.05) is 18.8 Å². The van der Waals surface area contributed by atoms with Crippen LogP contribution >= 0.6 is 0 Å². The van der Waals surface area contributed by atoms with Crippen molar-refractivity contribution in [1.29, 1.82) is 0 Å². The fourth-order valence-corrected chi connectivity index (χ4v) is 2.30. The van der Waals surface area contributed by atoms with Crippen molar-refractivity contribution in [3.8, 4) is 0 Å². The first-order valence-electron chi connectivity index (χ1n) is 5.90. The third-order valence-corrected chi connectivity index (χ3v) is 3.21. The zero-order chi connectivity index (χ0) is 10.5. The van der Waals surface area contributed by atoms with Gasteiger partial charge in [0.25, 0.3) is 0 Å². The molecule has 0 amide bonds. The van der Waals surface area contributed by atoms with Crippen LogP contribution in [0.25, 0.3) is 0 Å². The summed E-state index contributed by atoms with van der Waals surface area (Å²) in [6, 6.07) is 8.24. The van der Waals surface area contributed by atoms with Gasteiger partial charge in [-0.25, -0.2) is 0 Å². The Morgan fingerprint density at radius 1 is 1.27 bits per heavy atom. The van der Waals surface area contributed by atoms with Gasteiger partial charge in [-0.1, -0.05) is 24.6 Å². The molecule has 1 aliphatic heterocycles. The first-order chi connectivity index (χ1) is 7.36. The molecule has 2 nitrogen and oxygen atoms in total. The van der Waals surface area contributed by atoms with E-state index in [4.69, 9.17) is 5.73 Å². The highest BCUT2D eigenvalue weighted by Crippen LogP contribution is 2.20. The lowest BCUT2D eigenvalue weighted by Gasteiger charge is -2.15. The van der Waals surface area contributed by atoms with Crippen LogP contribution < -0.4 is 11.1 Å². The van der Waals surface area contributed by atoms with Crippen molar-refractivity contribution in [3.05, 3.63) is 29.8 Å². The summed E-state index contributed by atoms with van der Waals surface area (Å²) in [4.78, 5) is 0. The molecule has 2 heteroatoms. The predicted octanol–water partition coefficient (Wildman–Crippen LogP) is 2.20. The van der Waals surface area contributed by atoms with Gasteiger partial charge in [0.2, 0.25) is 0 Å². The summed E-state index contributed by atoms with van der Waals surface area (Å²) in [5.41, 5.74) is 8.21. The second kappa shape index (κ2) is 5.17. The summed E-state index contributed by atoms with van der Waals surface area (Å²) >= 11 is 0. The Hall–Kier alpha value is -1.02. The van der Waals surface area contributed by atoms with E-state index in [1.54, 1.807) is 0 Å². The average Bonchev–Trinajstić information content (AvgIpc) is 2.50. The molecular weight excluding hydrogens is 184 g/mol. The van der Waals surface area contributed by atoms with Gasteiger partial charge >= 0.3 is 0 Å². The van der Waals surface area contributed by atoms with Crippen molar-refractivity contribution in [2.45, 2.75) is 25.7 Å². The maximum absolute atomic E-state index is 5.96. The van der Waals surface area contributed by atoms with Crippen molar-refractivity contribution < 1.29 is 0 Å². The number of anilines is 1. The van der Waals surface area contributed by atoms with Crippen molar-refractivity contribution >= 4 is 5.69 Å². The average molecular weight is 204 g/mol. The molecule has 1 unspecified atom stereocenters. The van der Waals surface area contributed by atoms with Gasteiger partial charge in [0.15, 0.2) is 0 Å². The number of rotatable bonds is 2. The number of hydrogen-bond donors (Lipinski definition) is 2. The molecule has 3 N–H and O–H groups in total. The van der Waals surface area contributed by atoms with Crippen molar-refractivity contribution in [1.82, 2.24) is 5.32 Å². The Kier molecular flexibility index (Phi) is 3.62. The third-order valence-electron chi connectivity index (χ3n) is 3.21. The molecule has 1 aromatic carbocycles. The van der Waals surface area contributed by atoms with Gasteiger partial charge in [-0.05, 0) is 49.9 Å². The number of nitrogen functional groups attached to an aromatic ring is 1. The molecule has 1 atom stereocenters. The SMILES string of the molecule is Nc1ccccc1CC1CCCCNC1. The van der Waals surface area contributed by atoms with Gasteiger partial charge in [-0.2, -0.15) is 0 Å². The Bertz CT molecular complexity index is 301. The van der Waals surface area contributed by atoms with Crippen LogP contribution in [0.4, 0.5) is 5.69 Å². The summed E-state index contributed by atoms with van der Waals surface area (Å²) in [6.07, 6.45) is 5.13. The predicted molar refractivity (Wildman–Crippen MR) is 64.8 cm³/mol. The first kappa shape index (κ1) is 10.5. The molecule has 82 valence electrons. The summed E-state index contributed by atoms with van der Waals surface area (Å²) in [7, 11) is 0. The molecule has 0 bridgehead atoms. The highest BCUT2D eigenvalue weighted by Gasteiger charge is 2.13. The molecule has 0 aliphatic carbocycles. The van der Waals surface area contributed by atoms with Crippen molar-refractivity contribution in [3.63, 3.8) is 0 Å². The Balaban J connectivity index is 1.98. The number of para-hydroxylation sites is 1. The summed E-state index contributed by atoms with van der Waals surface area (Å²) < 4.78 is 0. The minimum absolute atomic E-state index is 0.761. The minimum atomic E-state index is 0.761. The van der Waals surface area contributed by atoms with E-state index in [1.165, 1.54) is 31.4 Å². The molecule has 1 fully saturated rings. The van der Waals surface area contributed by atoms with Crippen LogP contribution in [0, 0.1) is 5.92 Å². The van der Waals surface area contributed by atoms with Crippen LogP contribution in [0.2, 0.25) is 0 Å². The lowest BCUT2D eigenvalue weighted by atomic mass is 9.94. The van der Waals surface area contributed by atoms with Gasteiger partial charge in [0.1, 0.15) is 0 Å². The van der Waals surface area contributed by atoms with E-state index >= 15 is 0 Å². The molecule has 2 rings (SSSR count). The number of hydrogen-bond acceptors (Lipinski definition) is 2. The van der Waals surface area contributed by atoms with Crippen LogP contribution in [0.3, 0.4) is 0 Å². The maximum atomic E-state index is 5.96. The molecule has 0 spiro atoms. The molecular formula is C13H20N2. The summed E-state index contributed by atoms with van der Waals surface area (Å²) in [6.45, 7) is 2.33. The van der Waals surface area contributed by atoms with Gasteiger partial charge in [-0.3, -0.25) is 0 Å². The van der Waals surface area contributed by atoms with E-state index in [2.05, 4.69) is 17.4 Å². The Morgan fingerprint density at radius 2 is 2.13 bits per heavy atom. The molecule has 1 aromatic rings. The highest BCUT2D eigenvalue weighted by molar-refractivity contribution is 5.46. The normalized spacial score (nSPS) is 22.3. The largest absolute Gasteiger partial charge is 0.399 e. The lowest BCUT2D eigenvalue weighted by Crippen LogP contribution is -2.22. The molecule has 0 radical (unpaired) electrons. The monoisotopic (exact) mass is 204 g/mol. The van der Waals surface area contributed by atoms with E-state index in [9.17, 15) is 0 Å². The molecule has 1 heterocycles. The second-order valence-electron chi connectivity index (χ2n) is 4.47. The summed E-state index contributed by atoms with van der Waals surface area (Å²) in [5.74, 6) is 0.761. The lowest BCUT2D eigenvalue weighted by molar-refractivity contribution is 0.478. The topological polar surface area (TPSA) is 38.0 Å². The fourth-order valence-electron chi connectivity index (χ4n) is 2.30. The van der Waals surface area contributed by atoms with E-state index < -0.39 is 0 Å². The van der Waals surface area contributed by atoms with Crippen molar-refractivity contribution in [2.24, 2.45) is 5.92 Å². The second-order valence-corrected chi connectivity index (χ2v) is 4.47. The van der Waals surface area contributed by atoms with Gasteiger partial charge in [0, 0.05) is 5.69 Å². The Morgan fingerprint density at radius 3 is 3.00 bits per heavy atom. The van der Waals surface area contributed by atoms with Gasteiger partial charge in [0.05, 0.1) is 0 Å². The van der Waals surface area contributed by atoms with Crippen LogP contribution in [0.15, 0.2) is 24.3 Å². The van der Waals surface area contributed by atoms with Crippen LogP contribution in [-0.4, -0.2) is 13.1 Å². The van der Waals surface area contributed by atoms with Crippen LogP contribution in [0.5, 0.6) is 0 Å². The first-order valence-corrected chi connectivity index (χ1v) is 5.90. The van der Waals surface area contributed by atoms with E-state index in [1.807, 2.05) is 12.1 Å². The zero-order valence-corrected chi connectivity index (χ0v) is 9.21. The van der Waals surface area contributed by atoms with Gasteiger partial charge in [-0.15, -0.1) is 0 Å². The zero-order valence-electron chi connectivity index (χ0n) is 9.21. The van der Waals surface area contributed by atoms with E-state index in [0.29, 0.717) is 0 Å². The van der Waals surface area contributed by atoms with Crippen LogP contribution in [0.1, 0.15) is 24.8 Å². The highest BCUT2D eigenvalue weighted by atomic mass is 14.9. The van der Waals surface area contributed by atoms with Gasteiger partial charge < -0.3 is 11.1 Å². The minimum Gasteiger partial charge on any atom is -0.399 e. The number of benzene rings is 1. The smallest absolute Gasteiger partial charge is 0.0346 e. The quantitative estimate of drug-likeness (QED) is 0.725. The number of nitrogens with two attached hydrogens (primary N) is 1. The van der Waals surface area contributed by atoms with E-state index in [0.717, 1.165) is 24.6 Å². The molecule has 0 saturated carbocycles. The fraction of sp³-hybridized carbons (Fsp3) is 0.538. The number of nitrogens with one attached hydrogen (secondary N) is 1. The molecule has 0 aromatic heterocycles. The molecule has 15 heavy (non-hydrogen) atoms. The summed E-state index contributed by atoms with van der Waals surface area (Å²) in [5, 5.41) is 3.50. The maximum Gasteiger partial charge on any atom is 0.0346 e. The molecule has 1 saturated heterocycles.